The van der Waals surface area contributed by atoms with Crippen LogP contribution in [0.2, 0.25) is 0 Å². The molecule has 3 aliphatic heterocycles. The van der Waals surface area contributed by atoms with Gasteiger partial charge in [0.25, 0.3) is 0 Å². The summed E-state index contributed by atoms with van der Waals surface area (Å²) in [6.45, 7) is 4.03. The summed E-state index contributed by atoms with van der Waals surface area (Å²) in [5, 5.41) is 15.5. The fraction of sp³-hybridized carbons (Fsp3) is 0.500. The fourth-order valence-electron chi connectivity index (χ4n) is 5.21. The summed E-state index contributed by atoms with van der Waals surface area (Å²) in [4.78, 5) is 18.6. The molecule has 31 heavy (non-hydrogen) atoms. The number of anilines is 4. The van der Waals surface area contributed by atoms with Gasteiger partial charge in [0.1, 0.15) is 11.5 Å². The van der Waals surface area contributed by atoms with E-state index in [1.54, 1.807) is 6.20 Å². The summed E-state index contributed by atoms with van der Waals surface area (Å²) in [6, 6.07) is 4.09. The molecule has 0 amide bonds. The largest absolute Gasteiger partial charge is 0.368 e. The van der Waals surface area contributed by atoms with Crippen molar-refractivity contribution < 1.29 is 0 Å². The van der Waals surface area contributed by atoms with Gasteiger partial charge in [-0.2, -0.15) is 4.98 Å². The minimum absolute atomic E-state index is 0.0938. The lowest BCUT2D eigenvalue weighted by molar-refractivity contribution is 0.299. The van der Waals surface area contributed by atoms with Gasteiger partial charge < -0.3 is 20.4 Å². The summed E-state index contributed by atoms with van der Waals surface area (Å²) < 4.78 is 0. The molecule has 2 N–H and O–H groups in total. The van der Waals surface area contributed by atoms with Crippen molar-refractivity contribution in [1.29, 1.82) is 0 Å². The lowest BCUT2D eigenvalue weighted by Crippen LogP contribution is -2.46. The van der Waals surface area contributed by atoms with Gasteiger partial charge in [0.2, 0.25) is 5.95 Å². The number of fused-ring (bicyclic) bond motifs is 4. The van der Waals surface area contributed by atoms with Gasteiger partial charge in [-0.25, -0.2) is 9.97 Å². The minimum Gasteiger partial charge on any atom is -0.368 e. The van der Waals surface area contributed by atoms with Crippen LogP contribution < -0.4 is 20.4 Å². The van der Waals surface area contributed by atoms with Crippen LogP contribution in [0.4, 0.5) is 29.0 Å². The quantitative estimate of drug-likeness (QED) is 0.783. The maximum Gasteiger partial charge on any atom is 0.230 e. The molecule has 0 bridgehead atoms. The molecule has 1 aliphatic carbocycles. The highest BCUT2D eigenvalue weighted by Gasteiger charge is 2.46. The Balaban J connectivity index is 1.25. The van der Waals surface area contributed by atoms with Gasteiger partial charge in [-0.1, -0.05) is 19.3 Å². The van der Waals surface area contributed by atoms with Crippen molar-refractivity contribution in [3.05, 3.63) is 36.4 Å². The van der Waals surface area contributed by atoms with E-state index in [2.05, 4.69) is 52.8 Å². The first-order valence-corrected chi connectivity index (χ1v) is 11.3. The van der Waals surface area contributed by atoms with Crippen molar-refractivity contribution >= 4 is 29.0 Å². The Morgan fingerprint density at radius 2 is 1.84 bits per heavy atom. The molecule has 160 valence electrons. The van der Waals surface area contributed by atoms with Crippen LogP contribution in [0.15, 0.2) is 46.7 Å². The lowest BCUT2D eigenvalue weighted by Gasteiger charge is -2.43. The lowest BCUT2D eigenvalue weighted by atomic mass is 9.79. The second-order valence-electron chi connectivity index (χ2n) is 8.75. The minimum atomic E-state index is 0.0938. The number of nitrogens with zero attached hydrogens (tertiary/aromatic N) is 7. The number of nitrogens with one attached hydrogen (secondary N) is 2. The number of pyridine rings is 1. The van der Waals surface area contributed by atoms with E-state index in [9.17, 15) is 0 Å². The predicted molar refractivity (Wildman–Crippen MR) is 120 cm³/mol. The van der Waals surface area contributed by atoms with Crippen molar-refractivity contribution in [3.8, 4) is 0 Å². The molecule has 0 aromatic carbocycles. The van der Waals surface area contributed by atoms with Crippen LogP contribution in [-0.2, 0) is 0 Å². The molecule has 1 saturated carbocycles. The molecule has 0 radical (unpaired) electrons. The second kappa shape index (κ2) is 7.56. The first-order valence-electron chi connectivity index (χ1n) is 11.3. The zero-order valence-electron chi connectivity index (χ0n) is 17.6. The van der Waals surface area contributed by atoms with E-state index in [4.69, 9.17) is 4.98 Å². The van der Waals surface area contributed by atoms with Crippen LogP contribution in [0.1, 0.15) is 38.5 Å². The number of hydrogen-bond acceptors (Lipinski definition) is 9. The SMILES string of the molecule is C1=C2N=Nc3cnc(Nc4ccc(N5CCNCC5)cn4)nc3N2C2(C1)CCCCC2. The van der Waals surface area contributed by atoms with Crippen LogP contribution in [0, 0.1) is 0 Å². The number of azo groups is 1. The Morgan fingerprint density at radius 1 is 0.968 bits per heavy atom. The molecule has 2 aromatic heterocycles. The van der Waals surface area contributed by atoms with E-state index in [1.807, 2.05) is 12.3 Å². The van der Waals surface area contributed by atoms with Crippen molar-refractivity contribution in [1.82, 2.24) is 20.3 Å². The van der Waals surface area contributed by atoms with Gasteiger partial charge >= 0.3 is 0 Å². The zero-order valence-corrected chi connectivity index (χ0v) is 17.6. The van der Waals surface area contributed by atoms with E-state index < -0.39 is 0 Å². The Labute approximate surface area is 181 Å². The van der Waals surface area contributed by atoms with Crippen molar-refractivity contribution in [2.75, 3.05) is 41.3 Å². The average Bonchev–Trinajstić information content (AvgIpc) is 3.19. The van der Waals surface area contributed by atoms with Crippen LogP contribution in [0.25, 0.3) is 0 Å². The monoisotopic (exact) mass is 417 g/mol. The molecule has 6 rings (SSSR count). The first-order chi connectivity index (χ1) is 15.3. The zero-order chi connectivity index (χ0) is 20.7. The summed E-state index contributed by atoms with van der Waals surface area (Å²) >= 11 is 0. The molecule has 0 atom stereocenters. The highest BCUT2D eigenvalue weighted by Crippen LogP contribution is 2.50. The van der Waals surface area contributed by atoms with Crippen molar-refractivity contribution in [3.63, 3.8) is 0 Å². The molecular formula is C22H27N9. The number of piperazine rings is 1. The van der Waals surface area contributed by atoms with Gasteiger partial charge in [0.05, 0.1) is 23.6 Å². The fourth-order valence-corrected chi connectivity index (χ4v) is 5.21. The number of rotatable bonds is 3. The van der Waals surface area contributed by atoms with E-state index >= 15 is 0 Å². The van der Waals surface area contributed by atoms with E-state index in [0.29, 0.717) is 5.95 Å². The molecule has 9 heteroatoms. The number of aromatic nitrogens is 3. The highest BCUT2D eigenvalue weighted by atomic mass is 15.4. The second-order valence-corrected chi connectivity index (χ2v) is 8.75. The molecule has 2 aromatic rings. The first kappa shape index (κ1) is 18.7. The maximum atomic E-state index is 4.86. The van der Waals surface area contributed by atoms with Gasteiger partial charge in [0, 0.05) is 26.2 Å². The Kier molecular flexibility index (Phi) is 4.56. The van der Waals surface area contributed by atoms with Crippen LogP contribution in [0.3, 0.4) is 0 Å². The molecular weight excluding hydrogens is 390 g/mol. The smallest absolute Gasteiger partial charge is 0.230 e. The third kappa shape index (κ3) is 3.33. The van der Waals surface area contributed by atoms with Gasteiger partial charge in [-0.15, -0.1) is 10.2 Å². The summed E-state index contributed by atoms with van der Waals surface area (Å²) in [7, 11) is 0. The van der Waals surface area contributed by atoms with Gasteiger partial charge in [0.15, 0.2) is 11.6 Å². The molecule has 4 aliphatic rings. The topological polar surface area (TPSA) is 93.9 Å². The molecule has 5 heterocycles. The Morgan fingerprint density at radius 3 is 2.65 bits per heavy atom. The molecule has 0 unspecified atom stereocenters. The summed E-state index contributed by atoms with van der Waals surface area (Å²) in [5.41, 5.74) is 1.97. The van der Waals surface area contributed by atoms with Crippen LogP contribution in [0.5, 0.6) is 0 Å². The Hall–Kier alpha value is -3.07. The third-order valence-corrected chi connectivity index (χ3v) is 6.84. The normalized spacial score (nSPS) is 21.6. The molecule has 9 nitrogen and oxygen atoms in total. The average molecular weight is 418 g/mol. The van der Waals surface area contributed by atoms with Crippen molar-refractivity contribution in [2.45, 2.75) is 44.1 Å². The van der Waals surface area contributed by atoms with E-state index in [0.717, 1.165) is 61.4 Å². The van der Waals surface area contributed by atoms with E-state index in [-0.39, 0.29) is 5.54 Å². The summed E-state index contributed by atoms with van der Waals surface area (Å²) in [6.07, 6.45) is 13.1. The van der Waals surface area contributed by atoms with Gasteiger partial charge in [-0.3, -0.25) is 0 Å². The van der Waals surface area contributed by atoms with Crippen LogP contribution >= 0.6 is 0 Å². The van der Waals surface area contributed by atoms with Gasteiger partial charge in [-0.05, 0) is 37.5 Å². The highest BCUT2D eigenvalue weighted by molar-refractivity contribution is 5.70. The molecule has 1 spiro atoms. The summed E-state index contributed by atoms with van der Waals surface area (Å²) in [5.74, 6) is 3.06. The number of hydrogen-bond donors (Lipinski definition) is 2. The van der Waals surface area contributed by atoms with Crippen LogP contribution in [-0.4, -0.2) is 46.7 Å². The van der Waals surface area contributed by atoms with E-state index in [1.165, 1.54) is 32.1 Å². The maximum absolute atomic E-state index is 4.86. The molecule has 1 saturated heterocycles. The molecule has 2 fully saturated rings. The third-order valence-electron chi connectivity index (χ3n) is 6.84. The standard InChI is InChI=1S/C22H27N9/c1-2-7-22(8-3-1)9-6-19-29-28-17-15-25-21(27-20(17)31(19)22)26-18-5-4-16(14-24-18)30-12-10-23-11-13-30/h4-6,14-15,23H,1-3,7-13H2,(H,24,25,26,27). The predicted octanol–water partition coefficient (Wildman–Crippen LogP) is 3.88. The van der Waals surface area contributed by atoms with Crippen molar-refractivity contribution in [2.24, 2.45) is 10.2 Å². The Bertz CT molecular complexity index is 1020.